The van der Waals surface area contributed by atoms with Gasteiger partial charge in [-0.1, -0.05) is 23.7 Å². The average molecular weight is 298 g/mol. The minimum Gasteiger partial charge on any atom is -0.492 e. The number of ether oxygens (including phenoxy) is 1. The van der Waals surface area contributed by atoms with E-state index in [1.807, 2.05) is 0 Å². The first-order valence-electron chi connectivity index (χ1n) is 6.10. The van der Waals surface area contributed by atoms with Crippen LogP contribution in [0.5, 0.6) is 5.75 Å². The Morgan fingerprint density at radius 1 is 1.20 bits per heavy atom. The lowest BCUT2D eigenvalue weighted by molar-refractivity contribution is 0.269. The molecule has 1 N–H and O–H groups in total. The third-order valence-corrected chi connectivity index (χ3v) is 3.13. The molecule has 20 heavy (non-hydrogen) atoms. The summed E-state index contributed by atoms with van der Waals surface area (Å²) in [7, 11) is 1.69. The number of hydrogen-bond donors (Lipinski definition) is 1. The van der Waals surface area contributed by atoms with Gasteiger partial charge in [-0.2, -0.15) is 0 Å². The molecule has 0 aliphatic rings. The quantitative estimate of drug-likeness (QED) is 0.902. The molecule has 0 radical (unpaired) electrons. The largest absolute Gasteiger partial charge is 0.492 e. The van der Waals surface area contributed by atoms with Gasteiger partial charge in [0.2, 0.25) is 0 Å². The van der Waals surface area contributed by atoms with Gasteiger partial charge in [0, 0.05) is 16.7 Å². The van der Waals surface area contributed by atoms with Crippen molar-refractivity contribution in [2.24, 2.45) is 0 Å². The number of nitrogens with one attached hydrogen (secondary N) is 1. The normalized spacial score (nSPS) is 12.2. The minimum atomic E-state index is -0.600. The lowest BCUT2D eigenvalue weighted by Crippen LogP contribution is -2.24. The maximum atomic E-state index is 13.7. The van der Waals surface area contributed by atoms with Crippen molar-refractivity contribution in [3.05, 3.63) is 64.7 Å². The Labute approximate surface area is 121 Å². The Morgan fingerprint density at radius 2 is 2.00 bits per heavy atom. The second-order valence-electron chi connectivity index (χ2n) is 4.28. The minimum absolute atomic E-state index is 0.208. The summed E-state index contributed by atoms with van der Waals surface area (Å²) in [6.45, 7) is 0.208. The van der Waals surface area contributed by atoms with Crippen LogP contribution in [-0.4, -0.2) is 13.7 Å². The number of benzene rings is 2. The van der Waals surface area contributed by atoms with Crippen LogP contribution in [-0.2, 0) is 0 Å². The van der Waals surface area contributed by atoms with E-state index in [1.54, 1.807) is 31.3 Å². The topological polar surface area (TPSA) is 21.3 Å². The van der Waals surface area contributed by atoms with Crippen molar-refractivity contribution < 1.29 is 13.5 Å². The van der Waals surface area contributed by atoms with Crippen molar-refractivity contribution in [1.82, 2.24) is 5.32 Å². The highest BCUT2D eigenvalue weighted by atomic mass is 35.5. The average Bonchev–Trinajstić information content (AvgIpc) is 2.41. The predicted octanol–water partition coefficient (Wildman–Crippen LogP) is 3.96. The zero-order valence-electron chi connectivity index (χ0n) is 10.9. The molecular formula is C15H14ClF2NO. The van der Waals surface area contributed by atoms with Gasteiger partial charge in [-0.3, -0.25) is 0 Å². The van der Waals surface area contributed by atoms with Crippen LogP contribution in [0.3, 0.4) is 0 Å². The number of likely N-dealkylation sites (N-methyl/N-ethyl adjacent to an activating group) is 1. The fourth-order valence-electron chi connectivity index (χ4n) is 1.85. The van der Waals surface area contributed by atoms with E-state index in [1.165, 1.54) is 12.1 Å². The molecule has 0 aromatic heterocycles. The van der Waals surface area contributed by atoms with Crippen LogP contribution in [0.1, 0.15) is 11.6 Å². The van der Waals surface area contributed by atoms with Gasteiger partial charge in [-0.05, 0) is 31.3 Å². The van der Waals surface area contributed by atoms with Gasteiger partial charge >= 0.3 is 0 Å². The second kappa shape index (κ2) is 6.68. The molecule has 0 heterocycles. The van der Waals surface area contributed by atoms with Gasteiger partial charge in [-0.15, -0.1) is 0 Å². The van der Waals surface area contributed by atoms with E-state index < -0.39 is 11.6 Å². The maximum absolute atomic E-state index is 13.7. The van der Waals surface area contributed by atoms with Gasteiger partial charge in [0.25, 0.3) is 0 Å². The van der Waals surface area contributed by atoms with Gasteiger partial charge < -0.3 is 10.1 Å². The summed E-state index contributed by atoms with van der Waals surface area (Å²) < 4.78 is 32.2. The van der Waals surface area contributed by atoms with Crippen LogP contribution in [0, 0.1) is 11.6 Å². The van der Waals surface area contributed by atoms with Crippen molar-refractivity contribution in [2.75, 3.05) is 13.7 Å². The molecule has 2 nitrogen and oxygen atoms in total. The summed E-state index contributed by atoms with van der Waals surface area (Å²) in [4.78, 5) is 0. The third-order valence-electron chi connectivity index (χ3n) is 2.90. The van der Waals surface area contributed by atoms with Crippen LogP contribution in [0.4, 0.5) is 8.78 Å². The van der Waals surface area contributed by atoms with Crippen molar-refractivity contribution in [1.29, 1.82) is 0 Å². The van der Waals surface area contributed by atoms with Crippen molar-refractivity contribution >= 4 is 11.6 Å². The maximum Gasteiger partial charge on any atom is 0.131 e. The Bertz CT molecular complexity index is 592. The summed E-state index contributed by atoms with van der Waals surface area (Å²) in [5, 5.41) is 3.51. The first kappa shape index (κ1) is 14.8. The Kier molecular flexibility index (Phi) is 4.93. The van der Waals surface area contributed by atoms with Crippen LogP contribution < -0.4 is 10.1 Å². The molecule has 0 spiro atoms. The van der Waals surface area contributed by atoms with E-state index in [2.05, 4.69) is 5.32 Å². The molecule has 0 fully saturated rings. The standard InChI is InChI=1S/C15H14ClF2NO/c1-19-15(13-6-5-11(17)8-14(13)18)9-20-12-4-2-3-10(16)7-12/h2-8,15,19H,9H2,1H3. The molecule has 2 rings (SSSR count). The van der Waals surface area contributed by atoms with Crippen molar-refractivity contribution in [3.8, 4) is 5.75 Å². The molecule has 0 aliphatic carbocycles. The van der Waals surface area contributed by atoms with E-state index in [9.17, 15) is 8.78 Å². The highest BCUT2D eigenvalue weighted by Crippen LogP contribution is 2.21. The van der Waals surface area contributed by atoms with E-state index in [-0.39, 0.29) is 12.6 Å². The molecule has 0 saturated carbocycles. The SMILES string of the molecule is CNC(COc1cccc(Cl)c1)c1ccc(F)cc1F. The molecule has 106 valence electrons. The lowest BCUT2D eigenvalue weighted by atomic mass is 10.1. The molecular weight excluding hydrogens is 284 g/mol. The second-order valence-corrected chi connectivity index (χ2v) is 4.71. The van der Waals surface area contributed by atoms with E-state index in [0.29, 0.717) is 16.3 Å². The van der Waals surface area contributed by atoms with Crippen molar-refractivity contribution in [2.45, 2.75) is 6.04 Å². The van der Waals surface area contributed by atoms with Crippen LogP contribution >= 0.6 is 11.6 Å². The molecule has 2 aromatic rings. The Morgan fingerprint density at radius 3 is 2.65 bits per heavy atom. The monoisotopic (exact) mass is 297 g/mol. The summed E-state index contributed by atoms with van der Waals surface area (Å²) in [5.41, 5.74) is 0.357. The Hall–Kier alpha value is -1.65. The molecule has 1 atom stereocenters. The van der Waals surface area contributed by atoms with Gasteiger partial charge in [0.05, 0.1) is 6.04 Å². The molecule has 0 bridgehead atoms. The lowest BCUT2D eigenvalue weighted by Gasteiger charge is -2.18. The van der Waals surface area contributed by atoms with E-state index in [0.717, 1.165) is 6.07 Å². The zero-order chi connectivity index (χ0) is 14.5. The molecule has 0 amide bonds. The van der Waals surface area contributed by atoms with E-state index >= 15 is 0 Å². The highest BCUT2D eigenvalue weighted by molar-refractivity contribution is 6.30. The van der Waals surface area contributed by atoms with Gasteiger partial charge in [0.1, 0.15) is 24.0 Å². The Balaban J connectivity index is 2.09. The number of rotatable bonds is 5. The zero-order valence-corrected chi connectivity index (χ0v) is 11.6. The molecule has 5 heteroatoms. The number of hydrogen-bond acceptors (Lipinski definition) is 2. The van der Waals surface area contributed by atoms with Crippen LogP contribution in [0.15, 0.2) is 42.5 Å². The van der Waals surface area contributed by atoms with Gasteiger partial charge in [-0.25, -0.2) is 8.78 Å². The van der Waals surface area contributed by atoms with Crippen LogP contribution in [0.2, 0.25) is 5.02 Å². The molecule has 0 saturated heterocycles. The first-order chi connectivity index (χ1) is 9.60. The van der Waals surface area contributed by atoms with E-state index in [4.69, 9.17) is 16.3 Å². The van der Waals surface area contributed by atoms with Crippen LogP contribution in [0.25, 0.3) is 0 Å². The predicted molar refractivity (Wildman–Crippen MR) is 75.1 cm³/mol. The molecule has 1 unspecified atom stereocenters. The summed E-state index contributed by atoms with van der Waals surface area (Å²) in [5.74, 6) is -0.601. The molecule has 0 aliphatic heterocycles. The summed E-state index contributed by atoms with van der Waals surface area (Å²) >= 11 is 5.86. The number of halogens is 3. The third kappa shape index (κ3) is 3.68. The van der Waals surface area contributed by atoms with Crippen molar-refractivity contribution in [3.63, 3.8) is 0 Å². The summed E-state index contributed by atoms with van der Waals surface area (Å²) in [6.07, 6.45) is 0. The fraction of sp³-hybridized carbons (Fsp3) is 0.200. The molecule has 2 aromatic carbocycles. The first-order valence-corrected chi connectivity index (χ1v) is 6.48. The smallest absolute Gasteiger partial charge is 0.131 e. The fourth-order valence-corrected chi connectivity index (χ4v) is 2.03. The highest BCUT2D eigenvalue weighted by Gasteiger charge is 2.15. The van der Waals surface area contributed by atoms with Gasteiger partial charge in [0.15, 0.2) is 0 Å². The summed E-state index contributed by atoms with van der Waals surface area (Å²) in [6, 6.07) is 10.1.